The molecular formula is C17H17ClN4O. The fourth-order valence-electron chi connectivity index (χ4n) is 3.28. The van der Waals surface area contributed by atoms with Crippen molar-refractivity contribution in [2.45, 2.75) is 18.4 Å². The summed E-state index contributed by atoms with van der Waals surface area (Å²) >= 11 is 5.89. The van der Waals surface area contributed by atoms with E-state index in [4.69, 9.17) is 11.6 Å². The molecule has 2 aromatic rings. The van der Waals surface area contributed by atoms with E-state index in [1.165, 1.54) is 0 Å². The van der Waals surface area contributed by atoms with Crippen LogP contribution in [0.3, 0.4) is 0 Å². The van der Waals surface area contributed by atoms with Gasteiger partial charge in [0.1, 0.15) is 11.4 Å². The highest BCUT2D eigenvalue weighted by molar-refractivity contribution is 6.30. The highest BCUT2D eigenvalue weighted by Gasteiger charge is 2.44. The number of hydrogen-bond acceptors (Lipinski definition) is 4. The van der Waals surface area contributed by atoms with Crippen molar-refractivity contribution in [1.29, 1.82) is 0 Å². The van der Waals surface area contributed by atoms with E-state index in [9.17, 15) is 4.79 Å². The Morgan fingerprint density at radius 2 is 1.83 bits per heavy atom. The first kappa shape index (κ1) is 14.3. The number of carbonyl (C=O) groups is 1. The summed E-state index contributed by atoms with van der Waals surface area (Å²) in [6.45, 7) is 1.55. The number of anilines is 3. The number of pyridine rings is 1. The fourth-order valence-corrected chi connectivity index (χ4v) is 3.39. The van der Waals surface area contributed by atoms with Gasteiger partial charge < -0.3 is 15.5 Å². The molecule has 0 unspecified atom stereocenters. The quantitative estimate of drug-likeness (QED) is 0.844. The third-order valence-electron chi connectivity index (χ3n) is 4.64. The molecule has 6 heteroatoms. The van der Waals surface area contributed by atoms with Gasteiger partial charge in [0, 0.05) is 19.3 Å². The van der Waals surface area contributed by atoms with Crippen LogP contribution >= 0.6 is 11.6 Å². The van der Waals surface area contributed by atoms with Gasteiger partial charge in [-0.25, -0.2) is 4.98 Å². The van der Waals surface area contributed by atoms with Crippen LogP contribution in [0.1, 0.15) is 12.8 Å². The number of rotatable bonds is 1. The lowest BCUT2D eigenvalue weighted by Crippen LogP contribution is -2.58. The summed E-state index contributed by atoms with van der Waals surface area (Å²) in [5.74, 6) is 0.959. The minimum Gasteiger partial charge on any atom is -0.369 e. The van der Waals surface area contributed by atoms with Crippen LogP contribution < -0.4 is 15.5 Å². The standard InChI is InChI=1S/C17H17ClN4O/c18-12-5-6-15(19-11-12)22-9-7-17(8-10-22)16(23)20-13-3-1-2-4-14(13)21-17/h1-6,11,21H,7-10H2,(H,20,23). The van der Waals surface area contributed by atoms with Crippen LogP contribution in [-0.2, 0) is 4.79 Å². The van der Waals surface area contributed by atoms with Crippen molar-refractivity contribution in [2.75, 3.05) is 28.6 Å². The topological polar surface area (TPSA) is 57.3 Å². The van der Waals surface area contributed by atoms with Crippen LogP contribution in [0.15, 0.2) is 42.6 Å². The fraction of sp³-hybridized carbons (Fsp3) is 0.294. The van der Waals surface area contributed by atoms with Crippen LogP contribution in [-0.4, -0.2) is 29.5 Å². The normalized spacial score (nSPS) is 19.0. The van der Waals surface area contributed by atoms with E-state index in [1.807, 2.05) is 36.4 Å². The Morgan fingerprint density at radius 1 is 1.09 bits per heavy atom. The Balaban J connectivity index is 1.52. The number of nitrogens with zero attached hydrogens (tertiary/aromatic N) is 2. The third-order valence-corrected chi connectivity index (χ3v) is 4.86. The molecule has 2 N–H and O–H groups in total. The number of para-hydroxylation sites is 2. The lowest BCUT2D eigenvalue weighted by molar-refractivity contribution is -0.121. The Hall–Kier alpha value is -2.27. The Kier molecular flexibility index (Phi) is 3.38. The van der Waals surface area contributed by atoms with Crippen LogP contribution in [0.4, 0.5) is 17.2 Å². The molecule has 23 heavy (non-hydrogen) atoms. The number of nitrogens with one attached hydrogen (secondary N) is 2. The van der Waals surface area contributed by atoms with Gasteiger partial charge in [0.05, 0.1) is 16.4 Å². The summed E-state index contributed by atoms with van der Waals surface area (Å²) in [6.07, 6.45) is 3.12. The molecule has 5 nitrogen and oxygen atoms in total. The molecule has 0 radical (unpaired) electrons. The molecule has 1 spiro atoms. The highest BCUT2D eigenvalue weighted by Crippen LogP contribution is 2.36. The summed E-state index contributed by atoms with van der Waals surface area (Å²) in [6, 6.07) is 11.6. The van der Waals surface area contributed by atoms with Crippen molar-refractivity contribution in [1.82, 2.24) is 4.98 Å². The van der Waals surface area contributed by atoms with E-state index in [2.05, 4.69) is 20.5 Å². The number of benzene rings is 1. The molecule has 0 bridgehead atoms. The van der Waals surface area contributed by atoms with Crippen molar-refractivity contribution >= 4 is 34.7 Å². The van der Waals surface area contributed by atoms with Gasteiger partial charge in [-0.2, -0.15) is 0 Å². The summed E-state index contributed by atoms with van der Waals surface area (Å²) in [5, 5.41) is 7.12. The summed E-state index contributed by atoms with van der Waals surface area (Å²) < 4.78 is 0. The number of amides is 1. The van der Waals surface area contributed by atoms with Crippen molar-refractivity contribution in [2.24, 2.45) is 0 Å². The minimum absolute atomic E-state index is 0.0555. The van der Waals surface area contributed by atoms with Gasteiger partial charge in [0.15, 0.2) is 0 Å². The van der Waals surface area contributed by atoms with Crippen molar-refractivity contribution < 1.29 is 4.79 Å². The number of fused-ring (bicyclic) bond motifs is 1. The second-order valence-electron chi connectivity index (χ2n) is 6.03. The molecule has 0 saturated carbocycles. The van der Waals surface area contributed by atoms with Crippen LogP contribution in [0.5, 0.6) is 0 Å². The molecule has 0 atom stereocenters. The minimum atomic E-state index is -0.530. The summed E-state index contributed by atoms with van der Waals surface area (Å²) in [5.41, 5.74) is 1.31. The molecule has 1 aromatic heterocycles. The molecule has 1 aromatic carbocycles. The van der Waals surface area contributed by atoms with Crippen LogP contribution in [0, 0.1) is 0 Å². The predicted octanol–water partition coefficient (Wildman–Crippen LogP) is 3.14. The monoisotopic (exact) mass is 328 g/mol. The third kappa shape index (κ3) is 2.51. The largest absolute Gasteiger partial charge is 0.369 e. The van der Waals surface area contributed by atoms with Crippen LogP contribution in [0.25, 0.3) is 0 Å². The first-order valence-electron chi connectivity index (χ1n) is 7.71. The van der Waals surface area contributed by atoms with Gasteiger partial charge in [-0.3, -0.25) is 4.79 Å². The van der Waals surface area contributed by atoms with E-state index in [-0.39, 0.29) is 5.91 Å². The van der Waals surface area contributed by atoms with Crippen molar-refractivity contribution in [3.63, 3.8) is 0 Å². The molecule has 3 heterocycles. The maximum atomic E-state index is 12.6. The molecular weight excluding hydrogens is 312 g/mol. The highest BCUT2D eigenvalue weighted by atomic mass is 35.5. The first-order valence-corrected chi connectivity index (χ1v) is 8.09. The van der Waals surface area contributed by atoms with E-state index in [1.54, 1.807) is 6.20 Å². The Morgan fingerprint density at radius 3 is 2.52 bits per heavy atom. The molecule has 1 fully saturated rings. The lowest BCUT2D eigenvalue weighted by Gasteiger charge is -2.44. The number of piperidine rings is 1. The van der Waals surface area contributed by atoms with E-state index < -0.39 is 5.54 Å². The molecule has 2 aliphatic heterocycles. The Labute approximate surface area is 139 Å². The van der Waals surface area contributed by atoms with Crippen molar-refractivity contribution in [3.8, 4) is 0 Å². The van der Waals surface area contributed by atoms with Gasteiger partial charge in [-0.05, 0) is 37.1 Å². The predicted molar refractivity (Wildman–Crippen MR) is 92.1 cm³/mol. The molecule has 1 saturated heterocycles. The average molecular weight is 329 g/mol. The second kappa shape index (κ2) is 5.42. The Bertz CT molecular complexity index is 739. The molecule has 118 valence electrons. The van der Waals surface area contributed by atoms with Crippen LogP contribution in [0.2, 0.25) is 5.02 Å². The molecule has 1 amide bonds. The maximum Gasteiger partial charge on any atom is 0.250 e. The van der Waals surface area contributed by atoms with Gasteiger partial charge in [-0.15, -0.1) is 0 Å². The SMILES string of the molecule is O=C1Nc2ccccc2NC12CCN(c1ccc(Cl)cn1)CC2. The summed E-state index contributed by atoms with van der Waals surface area (Å²) in [7, 11) is 0. The van der Waals surface area contributed by atoms with E-state index >= 15 is 0 Å². The first-order chi connectivity index (χ1) is 11.2. The number of hydrogen-bond donors (Lipinski definition) is 2. The van der Waals surface area contributed by atoms with E-state index in [0.29, 0.717) is 5.02 Å². The zero-order valence-corrected chi connectivity index (χ0v) is 13.3. The number of aromatic nitrogens is 1. The van der Waals surface area contributed by atoms with Gasteiger partial charge in [0.25, 0.3) is 0 Å². The number of carbonyl (C=O) groups excluding carboxylic acids is 1. The summed E-state index contributed by atoms with van der Waals surface area (Å²) in [4.78, 5) is 19.2. The lowest BCUT2D eigenvalue weighted by atomic mass is 9.84. The van der Waals surface area contributed by atoms with E-state index in [0.717, 1.165) is 43.1 Å². The molecule has 0 aliphatic carbocycles. The van der Waals surface area contributed by atoms with Gasteiger partial charge in [-0.1, -0.05) is 23.7 Å². The zero-order chi connectivity index (χ0) is 15.9. The second-order valence-corrected chi connectivity index (χ2v) is 6.46. The zero-order valence-electron chi connectivity index (χ0n) is 12.6. The molecule has 2 aliphatic rings. The average Bonchev–Trinajstić information content (AvgIpc) is 2.58. The molecule has 4 rings (SSSR count). The smallest absolute Gasteiger partial charge is 0.250 e. The number of halogens is 1. The maximum absolute atomic E-state index is 12.6. The van der Waals surface area contributed by atoms with Gasteiger partial charge in [0.2, 0.25) is 5.91 Å². The van der Waals surface area contributed by atoms with Gasteiger partial charge >= 0.3 is 0 Å². The van der Waals surface area contributed by atoms with Crippen molar-refractivity contribution in [3.05, 3.63) is 47.6 Å².